The highest BCUT2D eigenvalue weighted by atomic mass is 32.2. The number of carbonyl (C=O) groups excluding carboxylic acids is 1. The monoisotopic (exact) mass is 390 g/mol. The third-order valence-electron chi connectivity index (χ3n) is 4.87. The van der Waals surface area contributed by atoms with Crippen molar-refractivity contribution in [3.63, 3.8) is 0 Å². The van der Waals surface area contributed by atoms with Crippen LogP contribution in [0.5, 0.6) is 0 Å². The second-order valence-electron chi connectivity index (χ2n) is 7.02. The van der Waals surface area contributed by atoms with Gasteiger partial charge < -0.3 is 9.32 Å². The Balaban J connectivity index is 1.54. The van der Waals surface area contributed by atoms with Crippen molar-refractivity contribution in [3.05, 3.63) is 53.5 Å². The van der Waals surface area contributed by atoms with E-state index >= 15 is 0 Å². The molecule has 3 rings (SSSR count). The maximum Gasteiger partial charge on any atom is 0.243 e. The SMILES string of the molecule is Cc1ccc(CN(C)C(=O)CCc2ccc(S(=O)(=O)N3CCCC3)cc2)o1. The summed E-state index contributed by atoms with van der Waals surface area (Å²) >= 11 is 0. The number of nitrogens with zero attached hydrogens (tertiary/aromatic N) is 2. The van der Waals surface area contributed by atoms with Crippen molar-refractivity contribution in [1.29, 1.82) is 0 Å². The lowest BCUT2D eigenvalue weighted by atomic mass is 10.1. The van der Waals surface area contributed by atoms with Gasteiger partial charge in [-0.15, -0.1) is 0 Å². The summed E-state index contributed by atoms with van der Waals surface area (Å²) in [6, 6.07) is 10.6. The summed E-state index contributed by atoms with van der Waals surface area (Å²) in [5.41, 5.74) is 0.950. The molecule has 27 heavy (non-hydrogen) atoms. The maximum atomic E-state index is 12.5. The molecular formula is C20H26N2O4S. The first kappa shape index (κ1) is 19.6. The number of carbonyl (C=O) groups is 1. The second kappa shape index (κ2) is 8.27. The standard InChI is InChI=1S/C20H26N2O4S/c1-16-5-9-18(26-16)15-21(2)20(23)12-8-17-6-10-19(11-7-17)27(24,25)22-13-3-4-14-22/h5-7,9-11H,3-4,8,12-15H2,1-2H3. The Morgan fingerprint density at radius 2 is 1.78 bits per heavy atom. The Morgan fingerprint density at radius 3 is 2.37 bits per heavy atom. The Bertz CT molecular complexity index is 881. The Labute approximate surface area is 160 Å². The molecule has 1 aromatic heterocycles. The number of aryl methyl sites for hydroxylation is 2. The summed E-state index contributed by atoms with van der Waals surface area (Å²) in [5.74, 6) is 1.62. The largest absolute Gasteiger partial charge is 0.464 e. The fraction of sp³-hybridized carbons (Fsp3) is 0.450. The van der Waals surface area contributed by atoms with Gasteiger partial charge in [-0.3, -0.25) is 4.79 Å². The van der Waals surface area contributed by atoms with Crippen LogP contribution in [-0.4, -0.2) is 43.7 Å². The van der Waals surface area contributed by atoms with Gasteiger partial charge >= 0.3 is 0 Å². The van der Waals surface area contributed by atoms with Crippen LogP contribution >= 0.6 is 0 Å². The number of rotatable bonds is 7. The molecule has 1 aliphatic heterocycles. The van der Waals surface area contributed by atoms with E-state index in [4.69, 9.17) is 4.42 Å². The number of hydrogen-bond donors (Lipinski definition) is 0. The third-order valence-corrected chi connectivity index (χ3v) is 6.78. The van der Waals surface area contributed by atoms with Gasteiger partial charge in [0.15, 0.2) is 0 Å². The van der Waals surface area contributed by atoms with Crippen LogP contribution in [0, 0.1) is 6.92 Å². The fourth-order valence-electron chi connectivity index (χ4n) is 3.24. The molecular weight excluding hydrogens is 364 g/mol. The van der Waals surface area contributed by atoms with E-state index in [9.17, 15) is 13.2 Å². The maximum absolute atomic E-state index is 12.5. The zero-order valence-corrected chi connectivity index (χ0v) is 16.7. The summed E-state index contributed by atoms with van der Waals surface area (Å²) < 4.78 is 32.1. The molecule has 146 valence electrons. The highest BCUT2D eigenvalue weighted by Crippen LogP contribution is 2.21. The number of sulfonamides is 1. The smallest absolute Gasteiger partial charge is 0.243 e. The van der Waals surface area contributed by atoms with Crippen molar-refractivity contribution in [2.24, 2.45) is 0 Å². The van der Waals surface area contributed by atoms with Crippen molar-refractivity contribution in [1.82, 2.24) is 9.21 Å². The summed E-state index contributed by atoms with van der Waals surface area (Å²) in [6.45, 7) is 3.51. The minimum Gasteiger partial charge on any atom is -0.464 e. The van der Waals surface area contributed by atoms with Crippen LogP contribution in [0.15, 0.2) is 45.7 Å². The van der Waals surface area contributed by atoms with Crippen LogP contribution < -0.4 is 0 Å². The minimum absolute atomic E-state index is 0.0258. The molecule has 0 saturated carbocycles. The first-order valence-corrected chi connectivity index (χ1v) is 10.7. The lowest BCUT2D eigenvalue weighted by Crippen LogP contribution is -2.27. The Hall–Kier alpha value is -2.12. The molecule has 6 nitrogen and oxygen atoms in total. The summed E-state index contributed by atoms with van der Waals surface area (Å²) in [7, 11) is -1.63. The number of furan rings is 1. The molecule has 1 saturated heterocycles. The van der Waals surface area contributed by atoms with Crippen LogP contribution in [0.1, 0.15) is 36.3 Å². The summed E-state index contributed by atoms with van der Waals surface area (Å²) in [5, 5.41) is 0. The lowest BCUT2D eigenvalue weighted by Gasteiger charge is -2.16. The molecule has 0 spiro atoms. The molecule has 0 aliphatic carbocycles. The van der Waals surface area contributed by atoms with Gasteiger partial charge in [0.25, 0.3) is 0 Å². The molecule has 0 N–H and O–H groups in total. The number of benzene rings is 1. The van der Waals surface area contributed by atoms with Gasteiger partial charge in [-0.2, -0.15) is 4.31 Å². The van der Waals surface area contributed by atoms with Crippen LogP contribution in [0.25, 0.3) is 0 Å². The molecule has 0 radical (unpaired) electrons. The van der Waals surface area contributed by atoms with Gasteiger partial charge in [-0.1, -0.05) is 12.1 Å². The van der Waals surface area contributed by atoms with Gasteiger partial charge in [0, 0.05) is 26.6 Å². The second-order valence-corrected chi connectivity index (χ2v) is 8.96. The lowest BCUT2D eigenvalue weighted by molar-refractivity contribution is -0.130. The van der Waals surface area contributed by atoms with E-state index in [1.165, 1.54) is 4.31 Å². The van der Waals surface area contributed by atoms with Crippen molar-refractivity contribution in [2.75, 3.05) is 20.1 Å². The van der Waals surface area contributed by atoms with Gasteiger partial charge in [0.05, 0.1) is 11.4 Å². The van der Waals surface area contributed by atoms with Gasteiger partial charge in [-0.25, -0.2) is 8.42 Å². The molecule has 0 atom stereocenters. The normalized spacial score (nSPS) is 15.2. The summed E-state index contributed by atoms with van der Waals surface area (Å²) in [6.07, 6.45) is 2.79. The number of hydrogen-bond acceptors (Lipinski definition) is 4. The van der Waals surface area contributed by atoms with E-state index in [0.717, 1.165) is 29.9 Å². The van der Waals surface area contributed by atoms with Crippen molar-refractivity contribution in [3.8, 4) is 0 Å². The zero-order chi connectivity index (χ0) is 19.4. The molecule has 7 heteroatoms. The van der Waals surface area contributed by atoms with Gasteiger partial charge in [0.1, 0.15) is 11.5 Å². The summed E-state index contributed by atoms with van der Waals surface area (Å²) in [4.78, 5) is 14.3. The molecule has 2 heterocycles. The molecule has 2 aromatic rings. The van der Waals surface area contributed by atoms with Crippen molar-refractivity contribution >= 4 is 15.9 Å². The fourth-order valence-corrected chi connectivity index (χ4v) is 4.76. The minimum atomic E-state index is -3.39. The van der Waals surface area contributed by atoms with E-state index in [2.05, 4.69) is 0 Å². The van der Waals surface area contributed by atoms with Crippen molar-refractivity contribution in [2.45, 2.75) is 44.0 Å². The molecule has 1 aliphatic rings. The molecule has 1 aromatic carbocycles. The van der Waals surface area contributed by atoms with Crippen LogP contribution in [0.4, 0.5) is 0 Å². The molecule has 1 fully saturated rings. The average molecular weight is 391 g/mol. The van der Waals surface area contributed by atoms with Crippen molar-refractivity contribution < 1.29 is 17.6 Å². The van der Waals surface area contributed by atoms with Crippen LogP contribution in [-0.2, 0) is 27.8 Å². The highest BCUT2D eigenvalue weighted by molar-refractivity contribution is 7.89. The molecule has 1 amide bonds. The average Bonchev–Trinajstić information content (AvgIpc) is 3.32. The first-order valence-electron chi connectivity index (χ1n) is 9.24. The van der Waals surface area contributed by atoms with E-state index in [-0.39, 0.29) is 5.91 Å². The first-order chi connectivity index (χ1) is 12.9. The topological polar surface area (TPSA) is 70.8 Å². The molecule has 0 bridgehead atoms. The predicted molar refractivity (Wildman–Crippen MR) is 103 cm³/mol. The Kier molecular flexibility index (Phi) is 6.01. The molecule has 0 unspecified atom stereocenters. The predicted octanol–water partition coefficient (Wildman–Crippen LogP) is 2.96. The van der Waals surface area contributed by atoms with E-state index in [0.29, 0.717) is 37.4 Å². The quantitative estimate of drug-likeness (QED) is 0.729. The highest BCUT2D eigenvalue weighted by Gasteiger charge is 2.26. The van der Waals surface area contributed by atoms with E-state index in [1.54, 1.807) is 36.2 Å². The van der Waals surface area contributed by atoms with Gasteiger partial charge in [0.2, 0.25) is 15.9 Å². The van der Waals surface area contributed by atoms with Crippen LogP contribution in [0.2, 0.25) is 0 Å². The van der Waals surface area contributed by atoms with E-state index < -0.39 is 10.0 Å². The zero-order valence-electron chi connectivity index (χ0n) is 15.8. The number of amides is 1. The Morgan fingerprint density at radius 1 is 1.11 bits per heavy atom. The third kappa shape index (κ3) is 4.78. The van der Waals surface area contributed by atoms with Gasteiger partial charge in [-0.05, 0) is 56.0 Å². The van der Waals surface area contributed by atoms with Crippen LogP contribution in [0.3, 0.4) is 0 Å². The van der Waals surface area contributed by atoms with E-state index in [1.807, 2.05) is 19.1 Å².